The molecule has 1 aromatic heterocycles. The predicted octanol–water partition coefficient (Wildman–Crippen LogP) is 3.46. The summed E-state index contributed by atoms with van der Waals surface area (Å²) >= 11 is 3.37. The van der Waals surface area contributed by atoms with Gasteiger partial charge in [0.2, 0.25) is 11.8 Å². The van der Waals surface area contributed by atoms with Crippen molar-refractivity contribution in [2.24, 2.45) is 5.10 Å². The van der Waals surface area contributed by atoms with Crippen molar-refractivity contribution in [3.63, 3.8) is 0 Å². The van der Waals surface area contributed by atoms with Crippen LogP contribution in [0.5, 0.6) is 5.88 Å². The summed E-state index contributed by atoms with van der Waals surface area (Å²) in [4.78, 5) is 23.2. The van der Waals surface area contributed by atoms with Crippen LogP contribution in [0.4, 0.5) is 5.95 Å². The Balaban J connectivity index is 1.53. The van der Waals surface area contributed by atoms with Crippen LogP contribution in [-0.4, -0.2) is 41.8 Å². The maximum absolute atomic E-state index is 12.0. The molecule has 1 aliphatic heterocycles. The third-order valence-electron chi connectivity index (χ3n) is 4.33. The highest BCUT2D eigenvalue weighted by Crippen LogP contribution is 2.19. The molecule has 0 atom stereocenters. The Morgan fingerprint density at radius 2 is 1.93 bits per heavy atom. The number of amides is 1. The van der Waals surface area contributed by atoms with Crippen molar-refractivity contribution in [3.8, 4) is 5.88 Å². The summed E-state index contributed by atoms with van der Waals surface area (Å²) in [6.07, 6.45) is 6.36. The minimum atomic E-state index is -0.346. The Morgan fingerprint density at radius 3 is 2.64 bits per heavy atom. The maximum atomic E-state index is 12.0. The third-order valence-corrected chi connectivity index (χ3v) is 4.86. The van der Waals surface area contributed by atoms with Gasteiger partial charge in [0.15, 0.2) is 6.61 Å². The highest BCUT2D eigenvalue weighted by molar-refractivity contribution is 9.10. The summed E-state index contributed by atoms with van der Waals surface area (Å²) in [6, 6.07) is 9.34. The second-order valence-corrected chi connectivity index (χ2v) is 7.60. The molecule has 1 fully saturated rings. The number of hydrogen-bond acceptors (Lipinski definition) is 6. The number of benzene rings is 1. The standard InChI is InChI=1S/C20H24BrN5O2/c1-15-12-19(24-20(23-15)26-10-4-2-3-5-11-26)28-14-18(27)25-22-13-16-6-8-17(21)9-7-16/h6-9,12-13H,2-5,10-11,14H2,1H3,(H,25,27). The molecule has 0 bridgehead atoms. The van der Waals surface area contributed by atoms with Gasteiger partial charge in [-0.3, -0.25) is 4.79 Å². The second-order valence-electron chi connectivity index (χ2n) is 6.68. The van der Waals surface area contributed by atoms with E-state index in [0.29, 0.717) is 11.8 Å². The van der Waals surface area contributed by atoms with Gasteiger partial charge in [-0.25, -0.2) is 10.4 Å². The number of rotatable bonds is 6. The average Bonchev–Trinajstić information content (AvgIpc) is 2.97. The zero-order valence-electron chi connectivity index (χ0n) is 15.9. The van der Waals surface area contributed by atoms with Gasteiger partial charge >= 0.3 is 0 Å². The summed E-state index contributed by atoms with van der Waals surface area (Å²) in [5, 5.41) is 3.94. The van der Waals surface area contributed by atoms with Crippen LogP contribution in [0.2, 0.25) is 0 Å². The number of hydrazone groups is 1. The first-order chi connectivity index (χ1) is 13.6. The lowest BCUT2D eigenvalue weighted by atomic mass is 10.2. The van der Waals surface area contributed by atoms with Crippen molar-refractivity contribution in [1.29, 1.82) is 0 Å². The van der Waals surface area contributed by atoms with Crippen LogP contribution in [0, 0.1) is 6.92 Å². The molecule has 2 aromatic rings. The fraction of sp³-hybridized carbons (Fsp3) is 0.400. The van der Waals surface area contributed by atoms with E-state index in [1.165, 1.54) is 12.8 Å². The first-order valence-electron chi connectivity index (χ1n) is 9.41. The summed E-state index contributed by atoms with van der Waals surface area (Å²) < 4.78 is 6.55. The summed E-state index contributed by atoms with van der Waals surface area (Å²) in [5.74, 6) is 0.727. The zero-order valence-corrected chi connectivity index (χ0v) is 17.5. The van der Waals surface area contributed by atoms with E-state index in [1.54, 1.807) is 12.3 Å². The molecular weight excluding hydrogens is 422 g/mol. The number of aromatic nitrogens is 2. The van der Waals surface area contributed by atoms with E-state index in [0.717, 1.165) is 41.7 Å². The van der Waals surface area contributed by atoms with E-state index >= 15 is 0 Å². The predicted molar refractivity (Wildman–Crippen MR) is 113 cm³/mol. The van der Waals surface area contributed by atoms with Gasteiger partial charge in [-0.2, -0.15) is 10.1 Å². The van der Waals surface area contributed by atoms with Crippen molar-refractivity contribution >= 4 is 34.0 Å². The van der Waals surface area contributed by atoms with Crippen molar-refractivity contribution in [2.75, 3.05) is 24.6 Å². The van der Waals surface area contributed by atoms with Crippen LogP contribution in [0.1, 0.15) is 36.9 Å². The highest BCUT2D eigenvalue weighted by Gasteiger charge is 2.14. The van der Waals surface area contributed by atoms with Gasteiger partial charge in [0.1, 0.15) is 0 Å². The van der Waals surface area contributed by atoms with Gasteiger partial charge < -0.3 is 9.64 Å². The molecule has 0 radical (unpaired) electrons. The van der Waals surface area contributed by atoms with Crippen molar-refractivity contribution in [2.45, 2.75) is 32.6 Å². The Labute approximate surface area is 173 Å². The number of anilines is 1. The van der Waals surface area contributed by atoms with Crippen LogP contribution in [-0.2, 0) is 4.79 Å². The van der Waals surface area contributed by atoms with Crippen LogP contribution in [0.3, 0.4) is 0 Å². The number of aryl methyl sites for hydroxylation is 1. The van der Waals surface area contributed by atoms with Crippen LogP contribution in [0.25, 0.3) is 0 Å². The SMILES string of the molecule is Cc1cc(OCC(=O)NN=Cc2ccc(Br)cc2)nc(N2CCCCCC2)n1. The fourth-order valence-electron chi connectivity index (χ4n) is 2.91. The monoisotopic (exact) mass is 445 g/mol. The largest absolute Gasteiger partial charge is 0.467 e. The zero-order chi connectivity index (χ0) is 19.8. The van der Waals surface area contributed by atoms with Crippen LogP contribution >= 0.6 is 15.9 Å². The molecule has 1 aliphatic rings. The van der Waals surface area contributed by atoms with E-state index < -0.39 is 0 Å². The van der Waals surface area contributed by atoms with E-state index in [4.69, 9.17) is 4.74 Å². The Bertz CT molecular complexity index is 818. The van der Waals surface area contributed by atoms with Crippen LogP contribution < -0.4 is 15.1 Å². The first kappa shape index (κ1) is 20.3. The smallest absolute Gasteiger partial charge is 0.278 e. The van der Waals surface area contributed by atoms with E-state index in [2.05, 4.69) is 41.3 Å². The number of ether oxygens (including phenoxy) is 1. The molecule has 148 valence electrons. The fourth-order valence-corrected chi connectivity index (χ4v) is 3.17. The lowest BCUT2D eigenvalue weighted by molar-refractivity contribution is -0.123. The summed E-state index contributed by atoms with van der Waals surface area (Å²) in [5.41, 5.74) is 4.16. The number of halogens is 1. The molecule has 1 amide bonds. The van der Waals surface area contributed by atoms with Crippen molar-refractivity contribution in [3.05, 3.63) is 46.1 Å². The Morgan fingerprint density at radius 1 is 1.21 bits per heavy atom. The quantitative estimate of drug-likeness (QED) is 0.543. The number of carbonyl (C=O) groups is 1. The molecule has 0 unspecified atom stereocenters. The third kappa shape index (κ3) is 6.30. The van der Waals surface area contributed by atoms with E-state index in [-0.39, 0.29) is 12.5 Å². The van der Waals surface area contributed by atoms with Gasteiger partial charge in [0, 0.05) is 29.3 Å². The van der Waals surface area contributed by atoms with Crippen molar-refractivity contribution < 1.29 is 9.53 Å². The lowest BCUT2D eigenvalue weighted by Crippen LogP contribution is -2.27. The molecule has 7 nitrogen and oxygen atoms in total. The number of hydrogen-bond donors (Lipinski definition) is 1. The molecule has 0 spiro atoms. The molecule has 0 saturated carbocycles. The molecule has 28 heavy (non-hydrogen) atoms. The van der Waals surface area contributed by atoms with Crippen LogP contribution in [0.15, 0.2) is 39.9 Å². The van der Waals surface area contributed by atoms with E-state index in [1.807, 2.05) is 31.2 Å². The van der Waals surface area contributed by atoms with E-state index in [9.17, 15) is 4.79 Å². The minimum Gasteiger partial charge on any atom is -0.467 e. The molecule has 1 aromatic carbocycles. The number of nitrogens with zero attached hydrogens (tertiary/aromatic N) is 4. The molecule has 3 rings (SSSR count). The molecule has 8 heteroatoms. The van der Waals surface area contributed by atoms with Gasteiger partial charge in [0.25, 0.3) is 5.91 Å². The lowest BCUT2D eigenvalue weighted by Gasteiger charge is -2.20. The molecule has 1 N–H and O–H groups in total. The van der Waals surface area contributed by atoms with Crippen molar-refractivity contribution in [1.82, 2.24) is 15.4 Å². The molecule has 2 heterocycles. The summed E-state index contributed by atoms with van der Waals surface area (Å²) in [7, 11) is 0. The Kier molecular flexibility index (Phi) is 7.36. The number of carbonyl (C=O) groups excluding carboxylic acids is 1. The second kappa shape index (κ2) is 10.2. The van der Waals surface area contributed by atoms with Gasteiger partial charge in [0.05, 0.1) is 6.21 Å². The number of nitrogens with one attached hydrogen (secondary N) is 1. The minimum absolute atomic E-state index is 0.159. The highest BCUT2D eigenvalue weighted by atomic mass is 79.9. The normalized spacial score (nSPS) is 14.7. The van der Waals surface area contributed by atoms with Gasteiger partial charge in [-0.1, -0.05) is 40.9 Å². The topological polar surface area (TPSA) is 79.7 Å². The molecule has 1 saturated heterocycles. The summed E-state index contributed by atoms with van der Waals surface area (Å²) in [6.45, 7) is 3.65. The molecule has 0 aliphatic carbocycles. The maximum Gasteiger partial charge on any atom is 0.278 e. The first-order valence-corrected chi connectivity index (χ1v) is 10.2. The average molecular weight is 446 g/mol. The molecular formula is C20H24BrN5O2. The van der Waals surface area contributed by atoms with Gasteiger partial charge in [-0.15, -0.1) is 0 Å². The Hall–Kier alpha value is -2.48. The van der Waals surface area contributed by atoms with Gasteiger partial charge in [-0.05, 0) is 37.5 Å².